The Kier molecular flexibility index (Phi) is 5.77. The quantitative estimate of drug-likeness (QED) is 0.491. The van der Waals surface area contributed by atoms with Gasteiger partial charge in [0.05, 0.1) is 5.69 Å². The third kappa shape index (κ3) is 4.32. The second-order valence-electron chi connectivity index (χ2n) is 9.77. The van der Waals surface area contributed by atoms with Gasteiger partial charge in [-0.05, 0) is 62.4 Å². The first-order valence-corrected chi connectivity index (χ1v) is 14.7. The predicted molar refractivity (Wildman–Crippen MR) is 124 cm³/mol. The minimum atomic E-state index is -1.16. The standard InChI is InChI=1S/C23H33N3O3Si/c1-16-11-21-20(13-19(16)12-18-7-6-8-18)26-17(2)23(27)25(24-22(26)14-29-21)15-28-9-10-30(3,4)5/h11-13,17H,6-10,14-15H2,1-5H3. The molecular weight excluding hydrogens is 394 g/mol. The molecule has 162 valence electrons. The van der Waals surface area contributed by atoms with E-state index in [4.69, 9.17) is 9.47 Å². The fraction of sp³-hybridized carbons (Fsp3) is 0.565. The van der Waals surface area contributed by atoms with Crippen LogP contribution in [0.25, 0.3) is 6.08 Å². The van der Waals surface area contributed by atoms with Gasteiger partial charge in [-0.15, -0.1) is 0 Å². The molecule has 1 aromatic carbocycles. The van der Waals surface area contributed by atoms with Gasteiger partial charge >= 0.3 is 0 Å². The average molecular weight is 428 g/mol. The van der Waals surface area contributed by atoms with Gasteiger partial charge in [0.1, 0.15) is 25.1 Å². The molecule has 1 unspecified atom stereocenters. The number of hydrazone groups is 1. The molecule has 3 aliphatic rings. The SMILES string of the molecule is Cc1cc2c(cc1C=C1CCC1)N1C(=NN(COCC[Si](C)(C)C)C(=O)C1C)CO2. The molecule has 1 fully saturated rings. The van der Waals surface area contributed by atoms with Gasteiger partial charge in [-0.25, -0.2) is 5.01 Å². The zero-order valence-corrected chi connectivity index (χ0v) is 19.8. The summed E-state index contributed by atoms with van der Waals surface area (Å²) in [7, 11) is -1.16. The number of rotatable bonds is 6. The Morgan fingerprint density at radius 1 is 1.30 bits per heavy atom. The van der Waals surface area contributed by atoms with E-state index in [1.807, 2.05) is 11.8 Å². The summed E-state index contributed by atoms with van der Waals surface area (Å²) in [4.78, 5) is 15.0. The molecule has 0 spiro atoms. The summed E-state index contributed by atoms with van der Waals surface area (Å²) in [6.45, 7) is 12.2. The first-order valence-electron chi connectivity index (χ1n) is 11.0. The van der Waals surface area contributed by atoms with Gasteiger partial charge in [0.25, 0.3) is 5.91 Å². The van der Waals surface area contributed by atoms with Gasteiger partial charge in [0.2, 0.25) is 0 Å². The number of allylic oxidation sites excluding steroid dienone is 1. The van der Waals surface area contributed by atoms with Crippen molar-refractivity contribution in [1.82, 2.24) is 5.01 Å². The smallest absolute Gasteiger partial charge is 0.267 e. The summed E-state index contributed by atoms with van der Waals surface area (Å²) >= 11 is 0. The number of ether oxygens (including phenoxy) is 2. The van der Waals surface area contributed by atoms with Crippen LogP contribution in [-0.2, 0) is 9.53 Å². The number of anilines is 1. The van der Waals surface area contributed by atoms with Gasteiger partial charge in [-0.1, -0.05) is 31.3 Å². The predicted octanol–water partition coefficient (Wildman–Crippen LogP) is 4.62. The minimum Gasteiger partial charge on any atom is -0.483 e. The summed E-state index contributed by atoms with van der Waals surface area (Å²) in [5.74, 6) is 1.54. The Bertz CT molecular complexity index is 898. The molecular formula is C23H33N3O3Si. The number of carbonyl (C=O) groups excluding carboxylic acids is 1. The molecule has 2 heterocycles. The second kappa shape index (κ2) is 8.19. The van der Waals surface area contributed by atoms with E-state index in [-0.39, 0.29) is 18.7 Å². The highest BCUT2D eigenvalue weighted by Gasteiger charge is 2.39. The van der Waals surface area contributed by atoms with E-state index in [9.17, 15) is 4.79 Å². The van der Waals surface area contributed by atoms with Crippen LogP contribution in [0.3, 0.4) is 0 Å². The van der Waals surface area contributed by atoms with E-state index in [0.717, 1.165) is 23.3 Å². The van der Waals surface area contributed by atoms with E-state index >= 15 is 0 Å². The molecule has 1 aromatic rings. The van der Waals surface area contributed by atoms with Crippen molar-refractivity contribution >= 4 is 31.6 Å². The fourth-order valence-corrected chi connectivity index (χ4v) is 4.64. The molecule has 0 radical (unpaired) electrons. The number of nitrogens with zero attached hydrogens (tertiary/aromatic N) is 3. The number of hydrogen-bond donors (Lipinski definition) is 0. The third-order valence-electron chi connectivity index (χ3n) is 6.04. The Morgan fingerprint density at radius 2 is 2.07 bits per heavy atom. The molecule has 7 heteroatoms. The average Bonchev–Trinajstić information content (AvgIpc) is 2.64. The van der Waals surface area contributed by atoms with Gasteiger partial charge in [-0.3, -0.25) is 4.79 Å². The highest BCUT2D eigenvalue weighted by atomic mass is 28.3. The summed E-state index contributed by atoms with van der Waals surface area (Å²) < 4.78 is 11.8. The van der Waals surface area contributed by atoms with Crippen LogP contribution in [0.15, 0.2) is 22.8 Å². The largest absolute Gasteiger partial charge is 0.483 e. The lowest BCUT2D eigenvalue weighted by molar-refractivity contribution is -0.138. The molecule has 0 saturated heterocycles. The topological polar surface area (TPSA) is 54.4 Å². The molecule has 1 saturated carbocycles. The summed E-state index contributed by atoms with van der Waals surface area (Å²) in [6, 6.07) is 4.96. The third-order valence-corrected chi connectivity index (χ3v) is 7.75. The molecule has 2 aliphatic heterocycles. The van der Waals surface area contributed by atoms with Gasteiger partial charge < -0.3 is 14.4 Å². The number of carbonyl (C=O) groups is 1. The zero-order valence-electron chi connectivity index (χ0n) is 18.8. The van der Waals surface area contributed by atoms with Gasteiger partial charge in [-0.2, -0.15) is 5.10 Å². The van der Waals surface area contributed by atoms with Crippen molar-refractivity contribution in [2.45, 2.75) is 64.8 Å². The van der Waals surface area contributed by atoms with Crippen LogP contribution in [0, 0.1) is 6.92 Å². The number of amides is 1. The lowest BCUT2D eigenvalue weighted by atomic mass is 9.89. The molecule has 30 heavy (non-hydrogen) atoms. The maximum absolute atomic E-state index is 13.0. The Balaban J connectivity index is 1.55. The van der Waals surface area contributed by atoms with Crippen molar-refractivity contribution < 1.29 is 14.3 Å². The van der Waals surface area contributed by atoms with Crippen LogP contribution in [-0.4, -0.2) is 50.8 Å². The molecule has 0 aromatic heterocycles. The van der Waals surface area contributed by atoms with E-state index in [2.05, 4.69) is 49.9 Å². The van der Waals surface area contributed by atoms with Crippen LogP contribution >= 0.6 is 0 Å². The Hall–Kier alpha value is -2.12. The summed E-state index contributed by atoms with van der Waals surface area (Å²) in [5.41, 5.74) is 4.82. The van der Waals surface area contributed by atoms with Crippen molar-refractivity contribution in [1.29, 1.82) is 0 Å². The highest BCUT2D eigenvalue weighted by Crippen LogP contribution is 2.39. The van der Waals surface area contributed by atoms with Gasteiger partial charge in [0.15, 0.2) is 5.84 Å². The molecule has 4 rings (SSSR count). The maximum atomic E-state index is 13.0. The summed E-state index contributed by atoms with van der Waals surface area (Å²) in [5, 5.41) is 6.04. The van der Waals surface area contributed by atoms with Crippen molar-refractivity contribution in [3.63, 3.8) is 0 Å². The van der Waals surface area contributed by atoms with Crippen LogP contribution in [0.4, 0.5) is 5.69 Å². The van der Waals surface area contributed by atoms with E-state index < -0.39 is 8.07 Å². The monoisotopic (exact) mass is 427 g/mol. The highest BCUT2D eigenvalue weighted by molar-refractivity contribution is 6.76. The van der Waals surface area contributed by atoms with Crippen molar-refractivity contribution in [3.8, 4) is 5.75 Å². The normalized spacial score (nSPS) is 20.8. The summed E-state index contributed by atoms with van der Waals surface area (Å²) in [6.07, 6.45) is 5.94. The maximum Gasteiger partial charge on any atom is 0.267 e. The van der Waals surface area contributed by atoms with Crippen LogP contribution in [0.1, 0.15) is 37.3 Å². The lowest BCUT2D eigenvalue weighted by Crippen LogP contribution is -2.57. The van der Waals surface area contributed by atoms with Gasteiger partial charge in [0, 0.05) is 14.7 Å². The molecule has 1 amide bonds. The van der Waals surface area contributed by atoms with Crippen LogP contribution < -0.4 is 9.64 Å². The number of aryl methyl sites for hydroxylation is 1. The van der Waals surface area contributed by atoms with E-state index in [0.29, 0.717) is 13.2 Å². The number of hydrogen-bond acceptors (Lipinski definition) is 5. The van der Waals surface area contributed by atoms with Crippen LogP contribution in [0.2, 0.25) is 25.7 Å². The number of amidine groups is 1. The second-order valence-corrected chi connectivity index (χ2v) is 15.4. The Morgan fingerprint density at radius 3 is 2.73 bits per heavy atom. The first-order chi connectivity index (χ1) is 14.2. The van der Waals surface area contributed by atoms with Crippen molar-refractivity contribution in [2.24, 2.45) is 5.10 Å². The molecule has 1 aliphatic carbocycles. The minimum absolute atomic E-state index is 0.0425. The van der Waals surface area contributed by atoms with Crippen molar-refractivity contribution in [2.75, 3.05) is 24.8 Å². The lowest BCUT2D eigenvalue weighted by Gasteiger charge is -2.41. The van der Waals surface area contributed by atoms with Crippen LogP contribution in [0.5, 0.6) is 5.75 Å². The first kappa shape index (κ1) is 21.1. The number of benzene rings is 1. The molecule has 1 atom stereocenters. The van der Waals surface area contributed by atoms with E-state index in [1.54, 1.807) is 0 Å². The Labute approximate surface area is 180 Å². The van der Waals surface area contributed by atoms with E-state index in [1.165, 1.54) is 41.0 Å². The zero-order chi connectivity index (χ0) is 21.5. The fourth-order valence-electron chi connectivity index (χ4n) is 3.89. The number of fused-ring (bicyclic) bond motifs is 3. The molecule has 0 bridgehead atoms. The molecule has 6 nitrogen and oxygen atoms in total. The molecule has 0 N–H and O–H groups in total. The van der Waals surface area contributed by atoms with Crippen molar-refractivity contribution in [3.05, 3.63) is 28.8 Å².